The van der Waals surface area contributed by atoms with Crippen LogP contribution in [-0.4, -0.2) is 6.88 Å². The van der Waals surface area contributed by atoms with Gasteiger partial charge in [-0.05, 0) is 24.7 Å². The van der Waals surface area contributed by atoms with E-state index in [1.807, 2.05) is 0 Å². The van der Waals surface area contributed by atoms with Crippen molar-refractivity contribution >= 4 is 53.2 Å². The Kier molecular flexibility index (Phi) is 20.7. The monoisotopic (exact) mass is 590 g/mol. The number of rotatable bonds is 4. The molecule has 0 atom stereocenters. The molecule has 0 aliphatic carbocycles. The van der Waals surface area contributed by atoms with Crippen LogP contribution in [0, 0.1) is 40.5 Å². The van der Waals surface area contributed by atoms with E-state index < -0.39 is 0 Å². The molecule has 2 radical (unpaired) electrons. The molecule has 0 saturated carbocycles. The zero-order valence-electron chi connectivity index (χ0n) is 22.2. The van der Waals surface area contributed by atoms with Crippen LogP contribution in [0.1, 0.15) is 49.9 Å². The summed E-state index contributed by atoms with van der Waals surface area (Å²) >= 11 is 1.36. The second-order valence-electron chi connectivity index (χ2n) is 9.19. The third-order valence-corrected chi connectivity index (χ3v) is 5.12. The number of benzene rings is 2. The van der Waals surface area contributed by atoms with Crippen molar-refractivity contribution < 1.29 is 23.3 Å². The SMILES string of the molecule is Cc1cc2cc(CC(C)C)ccc2[cH-]1.Cc1cc2cc(CC(C)C)ccc2[cH-]1.Cl.Cl.[CH3-].[CH3-].[Si]=[Zr]. The fourth-order valence-corrected chi connectivity index (χ4v) is 4.02. The van der Waals surface area contributed by atoms with Gasteiger partial charge in [0.15, 0.2) is 0 Å². The van der Waals surface area contributed by atoms with E-state index in [0.717, 1.165) is 11.8 Å². The van der Waals surface area contributed by atoms with Gasteiger partial charge in [-0.1, -0.05) is 52.7 Å². The standard InChI is InChI=1S/2C14H17.2CH3.2ClH.Si.Zr/c2*1-10(2)6-12-4-5-13-7-11(3)8-14(13)9-12;;;;;;/h2*4-5,7-10H,6H2,1-3H3;2*1H3;2*1H;;/q4*-1;;;;. The first-order valence-corrected chi connectivity index (χ1v) is 15.1. The Labute approximate surface area is 239 Å². The number of hydrogen-bond acceptors (Lipinski definition) is 0. The number of hydrogen-bond donors (Lipinski definition) is 0. The maximum atomic E-state index is 3.06. The van der Waals surface area contributed by atoms with Crippen LogP contribution in [0.3, 0.4) is 0 Å². The van der Waals surface area contributed by atoms with Crippen LogP contribution < -0.4 is 0 Å². The summed E-state index contributed by atoms with van der Waals surface area (Å²) in [6.45, 7) is 16.4. The summed E-state index contributed by atoms with van der Waals surface area (Å²) in [6, 6.07) is 22.6. The van der Waals surface area contributed by atoms with Crippen LogP contribution >= 0.6 is 24.8 Å². The van der Waals surface area contributed by atoms with Gasteiger partial charge in [0.2, 0.25) is 0 Å². The quantitative estimate of drug-likeness (QED) is 0.164. The summed E-state index contributed by atoms with van der Waals surface area (Å²) in [7, 11) is 0. The molecule has 4 heteroatoms. The van der Waals surface area contributed by atoms with Gasteiger partial charge in [-0.3, -0.25) is 0 Å². The van der Waals surface area contributed by atoms with Crippen molar-refractivity contribution in [1.29, 1.82) is 0 Å². The molecule has 4 aromatic rings. The molecule has 4 aromatic carbocycles. The molecule has 0 nitrogen and oxygen atoms in total. The van der Waals surface area contributed by atoms with Crippen molar-refractivity contribution in [1.82, 2.24) is 0 Å². The molecule has 0 heterocycles. The van der Waals surface area contributed by atoms with Gasteiger partial charge in [0, 0.05) is 0 Å². The number of fused-ring (bicyclic) bond motifs is 2. The van der Waals surface area contributed by atoms with Gasteiger partial charge in [0.25, 0.3) is 0 Å². The zero-order chi connectivity index (χ0) is 22.3. The van der Waals surface area contributed by atoms with Crippen molar-refractivity contribution in [3.63, 3.8) is 0 Å². The average Bonchev–Trinajstić information content (AvgIpc) is 3.22. The molecule has 4 rings (SSSR count). The third kappa shape index (κ3) is 11.9. The Hall–Kier alpha value is -0.660. The first-order valence-electron chi connectivity index (χ1n) is 10.9. The van der Waals surface area contributed by atoms with Crippen LogP contribution in [0.2, 0.25) is 0 Å². The molecule has 0 aliphatic rings. The molecule has 0 amide bonds. The summed E-state index contributed by atoms with van der Waals surface area (Å²) in [4.78, 5) is 0. The first-order chi connectivity index (χ1) is 14.3. The first kappa shape index (κ1) is 37.9. The molecule has 0 aromatic heterocycles. The number of aryl methyl sites for hydroxylation is 2. The minimum atomic E-state index is 0. The number of halogens is 2. The summed E-state index contributed by atoms with van der Waals surface area (Å²) in [5.74, 6) is 1.48. The normalized spacial score (nSPS) is 9.50. The van der Waals surface area contributed by atoms with E-state index in [0.29, 0.717) is 0 Å². The average molecular weight is 593 g/mol. The molecule has 188 valence electrons. The molecular formula is C30H42Cl2SiZr-4. The maximum absolute atomic E-state index is 3.06. The van der Waals surface area contributed by atoms with Gasteiger partial charge >= 0.3 is 30.2 Å². The van der Waals surface area contributed by atoms with E-state index in [1.165, 1.54) is 80.0 Å². The Balaban J connectivity index is -0.000000475. The summed E-state index contributed by atoms with van der Waals surface area (Å²) in [5.41, 5.74) is 5.64. The second kappa shape index (κ2) is 18.6. The van der Waals surface area contributed by atoms with Crippen molar-refractivity contribution in [2.75, 3.05) is 0 Å². The van der Waals surface area contributed by atoms with Gasteiger partial charge < -0.3 is 14.9 Å². The van der Waals surface area contributed by atoms with Gasteiger partial charge in [-0.2, -0.15) is 12.1 Å². The van der Waals surface area contributed by atoms with Gasteiger partial charge in [-0.25, -0.2) is 0 Å². The molecule has 0 bridgehead atoms. The molecule has 0 fully saturated rings. The Bertz CT molecular complexity index is 990. The van der Waals surface area contributed by atoms with E-state index in [1.54, 1.807) is 0 Å². The third-order valence-electron chi connectivity index (χ3n) is 5.12. The zero-order valence-corrected chi connectivity index (χ0v) is 27.2. The Morgan fingerprint density at radius 2 is 0.971 bits per heavy atom. The fourth-order valence-electron chi connectivity index (χ4n) is 4.02. The van der Waals surface area contributed by atoms with Gasteiger partial charge in [-0.15, -0.1) is 106 Å². The van der Waals surface area contributed by atoms with E-state index in [-0.39, 0.29) is 39.7 Å². The molecular weight excluding hydrogens is 551 g/mol. The molecule has 34 heavy (non-hydrogen) atoms. The van der Waals surface area contributed by atoms with E-state index in [4.69, 9.17) is 0 Å². The van der Waals surface area contributed by atoms with Crippen molar-refractivity contribution in [3.05, 3.63) is 97.8 Å². The van der Waals surface area contributed by atoms with E-state index in [2.05, 4.69) is 109 Å². The molecule has 0 unspecified atom stereocenters. The second-order valence-corrected chi connectivity index (χ2v) is 9.19. The molecule has 0 saturated heterocycles. The summed E-state index contributed by atoms with van der Waals surface area (Å²) in [5, 5.41) is 5.52. The molecule has 0 spiro atoms. The fraction of sp³-hybridized carbons (Fsp3) is 0.333. The predicted molar refractivity (Wildman–Crippen MR) is 159 cm³/mol. The van der Waals surface area contributed by atoms with Crippen molar-refractivity contribution in [2.45, 2.75) is 54.4 Å². The van der Waals surface area contributed by atoms with Crippen LogP contribution in [0.15, 0.2) is 60.7 Å². The summed E-state index contributed by atoms with van der Waals surface area (Å²) < 4.78 is 0. The predicted octanol–water partition coefficient (Wildman–Crippen LogP) is 9.49. The summed E-state index contributed by atoms with van der Waals surface area (Å²) in [6.07, 6.45) is 2.36. The van der Waals surface area contributed by atoms with E-state index in [9.17, 15) is 0 Å². The van der Waals surface area contributed by atoms with Crippen molar-refractivity contribution in [3.8, 4) is 0 Å². The minimum absolute atomic E-state index is 0. The van der Waals surface area contributed by atoms with Crippen molar-refractivity contribution in [2.24, 2.45) is 11.8 Å². The van der Waals surface area contributed by atoms with Crippen LogP contribution in [0.4, 0.5) is 0 Å². The van der Waals surface area contributed by atoms with Gasteiger partial charge in [0.1, 0.15) is 0 Å². The van der Waals surface area contributed by atoms with Crippen LogP contribution in [-0.2, 0) is 36.2 Å². The van der Waals surface area contributed by atoms with Crippen LogP contribution in [0.25, 0.3) is 21.5 Å². The van der Waals surface area contributed by atoms with Crippen LogP contribution in [0.5, 0.6) is 0 Å². The molecule has 0 N–H and O–H groups in total. The molecule has 0 aliphatic heterocycles. The van der Waals surface area contributed by atoms with Gasteiger partial charge in [0.05, 0.1) is 0 Å². The van der Waals surface area contributed by atoms with E-state index >= 15 is 0 Å². The topological polar surface area (TPSA) is 0 Å². The Morgan fingerprint density at radius 3 is 1.26 bits per heavy atom. The Morgan fingerprint density at radius 1 is 0.647 bits per heavy atom.